The van der Waals surface area contributed by atoms with E-state index in [1.165, 1.54) is 11.8 Å². The van der Waals surface area contributed by atoms with Gasteiger partial charge in [0.15, 0.2) is 0 Å². The molecule has 1 amide bonds. The molecule has 5 rings (SSSR count). The maximum atomic E-state index is 13.0. The molecule has 30 heavy (non-hydrogen) atoms. The largest absolute Gasteiger partial charge is 0.411 e. The Hall–Kier alpha value is -2.82. The van der Waals surface area contributed by atoms with Crippen molar-refractivity contribution in [2.75, 3.05) is 5.75 Å². The van der Waals surface area contributed by atoms with Gasteiger partial charge in [-0.2, -0.15) is 5.10 Å². The molecule has 1 atom stereocenters. The zero-order valence-corrected chi connectivity index (χ0v) is 18.0. The number of hydrazone groups is 1. The number of thioether (sulfide) groups is 1. The summed E-state index contributed by atoms with van der Waals surface area (Å²) in [7, 11) is 0. The van der Waals surface area contributed by atoms with Gasteiger partial charge in [-0.3, -0.25) is 9.78 Å². The Labute approximate surface area is 184 Å². The van der Waals surface area contributed by atoms with Gasteiger partial charge in [-0.25, -0.2) is 5.01 Å². The third kappa shape index (κ3) is 3.93. The number of amides is 1. The first-order chi connectivity index (χ1) is 14.8. The predicted molar refractivity (Wildman–Crippen MR) is 118 cm³/mol. The maximum Gasteiger partial charge on any atom is 0.277 e. The van der Waals surface area contributed by atoms with Crippen molar-refractivity contribution in [1.29, 1.82) is 0 Å². The first-order valence-corrected chi connectivity index (χ1v) is 11.9. The number of thiophene rings is 2. The van der Waals surface area contributed by atoms with Crippen molar-refractivity contribution >= 4 is 46.1 Å². The van der Waals surface area contributed by atoms with Gasteiger partial charge in [0.05, 0.1) is 27.9 Å². The highest BCUT2D eigenvalue weighted by Gasteiger charge is 2.34. The highest BCUT2D eigenvalue weighted by atomic mass is 32.2. The van der Waals surface area contributed by atoms with E-state index < -0.39 is 0 Å². The molecule has 0 saturated heterocycles. The summed E-state index contributed by atoms with van der Waals surface area (Å²) in [4.78, 5) is 19.3. The lowest BCUT2D eigenvalue weighted by molar-refractivity contribution is -0.130. The molecule has 0 bridgehead atoms. The van der Waals surface area contributed by atoms with Gasteiger partial charge in [0, 0.05) is 23.7 Å². The average molecular weight is 454 g/mol. The number of rotatable bonds is 6. The second kappa shape index (κ2) is 8.50. The molecule has 0 N–H and O–H groups in total. The number of carbonyl (C=O) groups excluding carboxylic acids is 1. The van der Waals surface area contributed by atoms with Crippen LogP contribution in [0, 0.1) is 0 Å². The summed E-state index contributed by atoms with van der Waals surface area (Å²) >= 11 is 4.49. The van der Waals surface area contributed by atoms with Crippen LogP contribution in [0.3, 0.4) is 0 Å². The van der Waals surface area contributed by atoms with Gasteiger partial charge in [0.25, 0.3) is 11.1 Å². The molecule has 0 fully saturated rings. The summed E-state index contributed by atoms with van der Waals surface area (Å²) in [6.07, 6.45) is 4.05. The SMILES string of the molecule is O=C(CSc1nnc(-c2cccnc2)o1)N1N=C(c2cccs2)C[C@@H]1c1cccs1. The highest BCUT2D eigenvalue weighted by molar-refractivity contribution is 7.99. The van der Waals surface area contributed by atoms with Gasteiger partial charge in [0.1, 0.15) is 0 Å². The van der Waals surface area contributed by atoms with Crippen LogP contribution in [0.2, 0.25) is 0 Å². The summed E-state index contributed by atoms with van der Waals surface area (Å²) in [5, 5.41) is 18.7. The number of hydrogen-bond acceptors (Lipinski definition) is 9. The summed E-state index contributed by atoms with van der Waals surface area (Å²) in [5.74, 6) is 0.456. The topological polar surface area (TPSA) is 84.5 Å². The van der Waals surface area contributed by atoms with Crippen molar-refractivity contribution in [1.82, 2.24) is 20.2 Å². The third-order valence-electron chi connectivity index (χ3n) is 4.48. The zero-order chi connectivity index (χ0) is 20.3. The Morgan fingerprint density at radius 1 is 1.17 bits per heavy atom. The van der Waals surface area contributed by atoms with E-state index in [1.807, 2.05) is 41.1 Å². The second-order valence-corrected chi connectivity index (χ2v) is 9.25. The van der Waals surface area contributed by atoms with Crippen LogP contribution in [-0.4, -0.2) is 37.6 Å². The fourth-order valence-electron chi connectivity index (χ4n) is 3.10. The molecule has 1 aliphatic rings. The van der Waals surface area contributed by atoms with Crippen molar-refractivity contribution in [2.45, 2.75) is 17.7 Å². The van der Waals surface area contributed by atoms with E-state index in [0.717, 1.165) is 21.0 Å². The van der Waals surface area contributed by atoms with Crippen LogP contribution in [-0.2, 0) is 4.79 Å². The number of pyridine rings is 1. The first kappa shape index (κ1) is 19.2. The number of carbonyl (C=O) groups is 1. The standard InChI is InChI=1S/C20H15N5O2S3/c26-18(12-30-20-23-22-19(27-20)13-4-1-7-21-11-13)25-15(17-6-3-9-29-17)10-14(24-25)16-5-2-8-28-16/h1-9,11,15H,10,12H2/t15-/m1/s1. The van der Waals surface area contributed by atoms with E-state index in [0.29, 0.717) is 17.5 Å². The first-order valence-electron chi connectivity index (χ1n) is 9.11. The fourth-order valence-corrected chi connectivity index (χ4v) is 5.25. The molecule has 0 unspecified atom stereocenters. The molecule has 4 aromatic heterocycles. The second-order valence-electron chi connectivity index (χ2n) is 6.40. The van der Waals surface area contributed by atoms with E-state index >= 15 is 0 Å². The van der Waals surface area contributed by atoms with E-state index in [1.54, 1.807) is 46.1 Å². The van der Waals surface area contributed by atoms with E-state index in [2.05, 4.69) is 20.3 Å². The molecule has 0 radical (unpaired) electrons. The minimum absolute atomic E-state index is 0.0798. The van der Waals surface area contributed by atoms with Crippen molar-refractivity contribution < 1.29 is 9.21 Å². The molecular formula is C20H15N5O2S3. The number of nitrogens with zero attached hydrogens (tertiary/aromatic N) is 5. The van der Waals surface area contributed by atoms with Gasteiger partial charge >= 0.3 is 0 Å². The zero-order valence-electron chi connectivity index (χ0n) is 15.5. The van der Waals surface area contributed by atoms with E-state index in [9.17, 15) is 4.79 Å². The summed E-state index contributed by atoms with van der Waals surface area (Å²) in [5.41, 5.74) is 1.68. The monoisotopic (exact) mass is 453 g/mol. The van der Waals surface area contributed by atoms with Gasteiger partial charge in [-0.05, 0) is 35.0 Å². The van der Waals surface area contributed by atoms with E-state index in [-0.39, 0.29) is 17.7 Å². The fraction of sp³-hybridized carbons (Fsp3) is 0.150. The Morgan fingerprint density at radius 2 is 2.07 bits per heavy atom. The molecule has 0 spiro atoms. The Balaban J connectivity index is 1.31. The number of hydrogen-bond donors (Lipinski definition) is 0. The predicted octanol–water partition coefficient (Wildman–Crippen LogP) is 4.72. The lowest BCUT2D eigenvalue weighted by atomic mass is 10.1. The van der Waals surface area contributed by atoms with Gasteiger partial charge < -0.3 is 4.42 Å². The van der Waals surface area contributed by atoms with Crippen LogP contribution in [0.4, 0.5) is 0 Å². The summed E-state index contributed by atoms with van der Waals surface area (Å²) < 4.78 is 5.66. The average Bonchev–Trinajstić information content (AvgIpc) is 3.57. The van der Waals surface area contributed by atoms with Crippen LogP contribution < -0.4 is 0 Å². The molecule has 7 nitrogen and oxygen atoms in total. The highest BCUT2D eigenvalue weighted by Crippen LogP contribution is 2.36. The molecule has 10 heteroatoms. The minimum atomic E-state index is -0.0916. The smallest absolute Gasteiger partial charge is 0.277 e. The van der Waals surface area contributed by atoms with Crippen molar-refractivity contribution in [2.24, 2.45) is 5.10 Å². The van der Waals surface area contributed by atoms with Gasteiger partial charge in [0.2, 0.25) is 5.89 Å². The molecule has 0 aliphatic carbocycles. The molecule has 1 aliphatic heterocycles. The minimum Gasteiger partial charge on any atom is -0.411 e. The van der Waals surface area contributed by atoms with Gasteiger partial charge in [-0.1, -0.05) is 23.9 Å². The van der Waals surface area contributed by atoms with Crippen molar-refractivity contribution in [3.05, 3.63) is 69.3 Å². The van der Waals surface area contributed by atoms with Crippen molar-refractivity contribution in [3.8, 4) is 11.5 Å². The van der Waals surface area contributed by atoms with E-state index in [4.69, 9.17) is 4.42 Å². The Morgan fingerprint density at radius 3 is 2.83 bits per heavy atom. The Bertz CT molecular complexity index is 1160. The normalized spacial score (nSPS) is 16.1. The van der Waals surface area contributed by atoms with Crippen LogP contribution in [0.1, 0.15) is 22.2 Å². The molecule has 150 valence electrons. The van der Waals surface area contributed by atoms with Crippen LogP contribution in [0.25, 0.3) is 11.5 Å². The van der Waals surface area contributed by atoms with Crippen LogP contribution >= 0.6 is 34.4 Å². The number of aromatic nitrogens is 3. The third-order valence-corrected chi connectivity index (χ3v) is 7.17. The summed E-state index contributed by atoms with van der Waals surface area (Å²) in [6, 6.07) is 11.7. The van der Waals surface area contributed by atoms with Crippen molar-refractivity contribution in [3.63, 3.8) is 0 Å². The molecule has 5 heterocycles. The molecular weight excluding hydrogens is 438 g/mol. The quantitative estimate of drug-likeness (QED) is 0.393. The molecule has 0 aromatic carbocycles. The summed E-state index contributed by atoms with van der Waals surface area (Å²) in [6.45, 7) is 0. The maximum absolute atomic E-state index is 13.0. The Kier molecular flexibility index (Phi) is 5.43. The molecule has 4 aromatic rings. The lowest BCUT2D eigenvalue weighted by Gasteiger charge is -2.20. The van der Waals surface area contributed by atoms with Gasteiger partial charge in [-0.15, -0.1) is 32.9 Å². The van der Waals surface area contributed by atoms with Crippen LogP contribution in [0.5, 0.6) is 0 Å². The lowest BCUT2D eigenvalue weighted by Crippen LogP contribution is -2.28. The van der Waals surface area contributed by atoms with Crippen LogP contribution in [0.15, 0.2) is 74.3 Å². The molecule has 0 saturated carbocycles.